The number of aliphatic carboxylic acids is 1. The molecule has 0 spiro atoms. The van der Waals surface area contributed by atoms with E-state index >= 15 is 0 Å². The minimum absolute atomic E-state index is 0.0230. The Kier molecular flexibility index (Phi) is 5.40. The number of aromatic nitrogens is 3. The number of carbonyl (C=O) groups is 1. The third-order valence-electron chi connectivity index (χ3n) is 4.19. The SMILES string of the molecule is CCC1=c2ccccc2=C(Cn2c(Br)nnc2SCC(=O)O)CC1. The summed E-state index contributed by atoms with van der Waals surface area (Å²) in [6.45, 7) is 2.87. The highest BCUT2D eigenvalue weighted by atomic mass is 79.9. The summed E-state index contributed by atoms with van der Waals surface area (Å²) in [4.78, 5) is 10.8. The third kappa shape index (κ3) is 3.57. The molecule has 1 N–H and O–H groups in total. The predicted molar refractivity (Wildman–Crippen MR) is 98.1 cm³/mol. The van der Waals surface area contributed by atoms with Crippen molar-refractivity contribution in [1.82, 2.24) is 14.8 Å². The summed E-state index contributed by atoms with van der Waals surface area (Å²) < 4.78 is 2.57. The van der Waals surface area contributed by atoms with Gasteiger partial charge in [0.1, 0.15) is 0 Å². The van der Waals surface area contributed by atoms with Gasteiger partial charge in [0.25, 0.3) is 0 Å². The first-order chi connectivity index (χ1) is 11.6. The van der Waals surface area contributed by atoms with Crippen LogP contribution in [0, 0.1) is 0 Å². The molecule has 0 atom stereocenters. The van der Waals surface area contributed by atoms with Crippen molar-refractivity contribution in [3.8, 4) is 0 Å². The van der Waals surface area contributed by atoms with E-state index in [1.165, 1.54) is 33.3 Å². The number of fused-ring (bicyclic) bond motifs is 1. The van der Waals surface area contributed by atoms with Crippen LogP contribution in [-0.4, -0.2) is 31.6 Å². The summed E-state index contributed by atoms with van der Waals surface area (Å²) in [5, 5.41) is 20.3. The van der Waals surface area contributed by atoms with Gasteiger partial charge < -0.3 is 5.11 Å². The van der Waals surface area contributed by atoms with Crippen molar-refractivity contribution < 1.29 is 9.90 Å². The summed E-state index contributed by atoms with van der Waals surface area (Å²) >= 11 is 4.62. The molecule has 126 valence electrons. The molecule has 0 aliphatic heterocycles. The molecule has 0 amide bonds. The molecule has 0 saturated heterocycles. The van der Waals surface area contributed by atoms with Crippen LogP contribution in [0.5, 0.6) is 0 Å². The highest BCUT2D eigenvalue weighted by molar-refractivity contribution is 9.10. The molecule has 3 rings (SSSR count). The third-order valence-corrected chi connectivity index (χ3v) is 5.73. The zero-order valence-electron chi connectivity index (χ0n) is 13.3. The van der Waals surface area contributed by atoms with E-state index in [1.54, 1.807) is 0 Å². The second-order valence-corrected chi connectivity index (χ2v) is 7.28. The zero-order chi connectivity index (χ0) is 17.1. The molecule has 0 saturated carbocycles. The fourth-order valence-electron chi connectivity index (χ4n) is 3.03. The molecular formula is C17H18BrN3O2S. The van der Waals surface area contributed by atoms with Crippen LogP contribution in [0.25, 0.3) is 11.1 Å². The van der Waals surface area contributed by atoms with Gasteiger partial charge in [0.15, 0.2) is 5.16 Å². The topological polar surface area (TPSA) is 68.0 Å². The molecule has 1 heterocycles. The Morgan fingerprint density at radius 2 is 1.92 bits per heavy atom. The minimum Gasteiger partial charge on any atom is -0.481 e. The van der Waals surface area contributed by atoms with Gasteiger partial charge in [0.2, 0.25) is 4.73 Å². The number of hydrogen-bond donors (Lipinski definition) is 1. The van der Waals surface area contributed by atoms with Crippen LogP contribution in [0.3, 0.4) is 0 Å². The Morgan fingerprint density at radius 3 is 2.58 bits per heavy atom. The molecule has 0 bridgehead atoms. The van der Waals surface area contributed by atoms with E-state index in [0.29, 0.717) is 16.4 Å². The molecular weight excluding hydrogens is 390 g/mol. The lowest BCUT2D eigenvalue weighted by Gasteiger charge is -2.17. The Hall–Kier alpha value is -1.60. The molecule has 0 unspecified atom stereocenters. The summed E-state index contributed by atoms with van der Waals surface area (Å²) in [6.07, 6.45) is 3.15. The number of carboxylic acid groups (broad SMARTS) is 1. The first-order valence-corrected chi connectivity index (χ1v) is 9.60. The highest BCUT2D eigenvalue weighted by Crippen LogP contribution is 2.24. The lowest BCUT2D eigenvalue weighted by atomic mass is 9.92. The summed E-state index contributed by atoms with van der Waals surface area (Å²) in [7, 11) is 0. The molecule has 1 aromatic heterocycles. The van der Waals surface area contributed by atoms with Gasteiger partial charge >= 0.3 is 5.97 Å². The van der Waals surface area contributed by atoms with E-state index < -0.39 is 5.97 Å². The van der Waals surface area contributed by atoms with E-state index in [1.807, 2.05) is 4.57 Å². The van der Waals surface area contributed by atoms with Gasteiger partial charge in [-0.15, -0.1) is 10.2 Å². The number of rotatable bonds is 6. The Labute approximate surface area is 152 Å². The molecule has 0 radical (unpaired) electrons. The molecule has 1 aliphatic carbocycles. The summed E-state index contributed by atoms with van der Waals surface area (Å²) in [5.41, 5.74) is 2.83. The van der Waals surface area contributed by atoms with Crippen molar-refractivity contribution in [2.75, 3.05) is 5.75 Å². The Morgan fingerprint density at radius 1 is 1.25 bits per heavy atom. The van der Waals surface area contributed by atoms with E-state index in [2.05, 4.69) is 57.3 Å². The number of benzene rings is 1. The van der Waals surface area contributed by atoms with Crippen LogP contribution in [0.4, 0.5) is 0 Å². The molecule has 1 aromatic carbocycles. The average molecular weight is 408 g/mol. The zero-order valence-corrected chi connectivity index (χ0v) is 15.7. The van der Waals surface area contributed by atoms with Crippen molar-refractivity contribution in [2.24, 2.45) is 0 Å². The monoisotopic (exact) mass is 407 g/mol. The molecule has 2 aromatic rings. The average Bonchev–Trinajstić information content (AvgIpc) is 2.93. The van der Waals surface area contributed by atoms with Crippen molar-refractivity contribution in [3.05, 3.63) is 39.4 Å². The maximum absolute atomic E-state index is 10.8. The van der Waals surface area contributed by atoms with E-state index in [4.69, 9.17) is 5.11 Å². The maximum Gasteiger partial charge on any atom is 0.313 e. The molecule has 1 aliphatic rings. The number of nitrogens with zero attached hydrogens (tertiary/aromatic N) is 3. The van der Waals surface area contributed by atoms with Crippen LogP contribution >= 0.6 is 27.7 Å². The smallest absolute Gasteiger partial charge is 0.313 e. The van der Waals surface area contributed by atoms with Crippen LogP contribution in [0.15, 0.2) is 34.2 Å². The van der Waals surface area contributed by atoms with Gasteiger partial charge in [-0.05, 0) is 51.2 Å². The lowest BCUT2D eigenvalue weighted by Crippen LogP contribution is -2.33. The second kappa shape index (κ2) is 7.53. The molecule has 7 heteroatoms. The quantitative estimate of drug-likeness (QED) is 0.744. The highest BCUT2D eigenvalue weighted by Gasteiger charge is 2.16. The first-order valence-electron chi connectivity index (χ1n) is 7.82. The summed E-state index contributed by atoms with van der Waals surface area (Å²) in [5.74, 6) is -0.881. The van der Waals surface area contributed by atoms with Crippen molar-refractivity contribution >= 4 is 44.8 Å². The molecule has 0 fully saturated rings. The van der Waals surface area contributed by atoms with E-state index in [0.717, 1.165) is 19.3 Å². The van der Waals surface area contributed by atoms with Gasteiger partial charge in [-0.3, -0.25) is 9.36 Å². The lowest BCUT2D eigenvalue weighted by molar-refractivity contribution is -0.133. The molecule has 24 heavy (non-hydrogen) atoms. The fourth-order valence-corrected chi connectivity index (χ4v) is 4.18. The van der Waals surface area contributed by atoms with Crippen LogP contribution in [0.2, 0.25) is 0 Å². The number of carboxylic acids is 1. The Balaban J connectivity index is 2.01. The molecule has 5 nitrogen and oxygen atoms in total. The number of hydrogen-bond acceptors (Lipinski definition) is 4. The van der Waals surface area contributed by atoms with Crippen LogP contribution < -0.4 is 10.4 Å². The van der Waals surface area contributed by atoms with Gasteiger partial charge in [0.05, 0.1) is 5.75 Å². The van der Waals surface area contributed by atoms with Gasteiger partial charge in [0, 0.05) is 6.54 Å². The van der Waals surface area contributed by atoms with Gasteiger partial charge in [-0.1, -0.05) is 48.5 Å². The summed E-state index contributed by atoms with van der Waals surface area (Å²) in [6, 6.07) is 8.51. The normalized spacial score (nSPS) is 13.9. The van der Waals surface area contributed by atoms with Crippen molar-refractivity contribution in [1.29, 1.82) is 0 Å². The number of halogens is 1. The van der Waals surface area contributed by atoms with Crippen molar-refractivity contribution in [2.45, 2.75) is 37.9 Å². The minimum atomic E-state index is -0.858. The predicted octanol–water partition coefficient (Wildman–Crippen LogP) is 2.42. The standard InChI is InChI=1S/C17H18BrN3O2S/c1-2-11-7-8-12(14-6-4-3-5-13(11)14)9-21-16(18)19-20-17(21)24-10-15(22)23/h3-6H,2,7-10H2,1H3,(H,22,23). The second-order valence-electron chi connectivity index (χ2n) is 5.63. The van der Waals surface area contributed by atoms with Crippen molar-refractivity contribution in [3.63, 3.8) is 0 Å². The number of thioether (sulfide) groups is 1. The van der Waals surface area contributed by atoms with E-state index in [-0.39, 0.29) is 5.75 Å². The van der Waals surface area contributed by atoms with Gasteiger partial charge in [-0.2, -0.15) is 0 Å². The largest absolute Gasteiger partial charge is 0.481 e. The van der Waals surface area contributed by atoms with Crippen LogP contribution in [-0.2, 0) is 11.3 Å². The maximum atomic E-state index is 10.8. The fraction of sp³-hybridized carbons (Fsp3) is 0.353. The van der Waals surface area contributed by atoms with Crippen LogP contribution in [0.1, 0.15) is 26.2 Å². The van der Waals surface area contributed by atoms with E-state index in [9.17, 15) is 4.79 Å². The van der Waals surface area contributed by atoms with Gasteiger partial charge in [-0.25, -0.2) is 0 Å². The Bertz CT molecular complexity index is 891. The first kappa shape index (κ1) is 17.2.